The number of benzene rings is 6. The average Bonchev–Trinajstić information content (AvgIpc) is 1.75. The Bertz CT molecular complexity index is 5220. The van der Waals surface area contributed by atoms with Crippen molar-refractivity contribution in [1.29, 1.82) is 0 Å². The van der Waals surface area contributed by atoms with E-state index in [0.29, 0.717) is 27.8 Å². The summed E-state index contributed by atoms with van der Waals surface area (Å²) in [6, 6.07) is 43.7. The minimum atomic E-state index is -4.00. The van der Waals surface area contributed by atoms with E-state index in [4.69, 9.17) is 55.9 Å². The van der Waals surface area contributed by atoms with Crippen LogP contribution in [0.25, 0.3) is 66.8 Å². The third-order valence-corrected chi connectivity index (χ3v) is 12.0. The smallest absolute Gasteiger partial charge is 0.386 e. The van der Waals surface area contributed by atoms with Crippen molar-refractivity contribution in [3.8, 4) is 101 Å². The molecular formula is C67H46F11N3O24. The molecule has 0 bridgehead atoms. The highest BCUT2D eigenvalue weighted by Gasteiger charge is 2.33. The van der Waals surface area contributed by atoms with Crippen molar-refractivity contribution in [2.24, 2.45) is 0 Å². The van der Waals surface area contributed by atoms with Crippen molar-refractivity contribution >= 4 is 0 Å². The molecule has 6 N–H and O–H groups in total. The van der Waals surface area contributed by atoms with E-state index in [1.165, 1.54) is 0 Å². The van der Waals surface area contributed by atoms with E-state index >= 15 is 0 Å². The second kappa shape index (κ2) is 38.0. The third kappa shape index (κ3) is 25.3. The Morgan fingerprint density at radius 2 is 0.381 bits per heavy atom. The molecule has 0 spiro atoms. The van der Waals surface area contributed by atoms with Gasteiger partial charge in [-0.2, -0.15) is 26.3 Å². The molecule has 0 amide bonds. The van der Waals surface area contributed by atoms with Gasteiger partial charge < -0.3 is 30.6 Å². The molecule has 0 saturated heterocycles. The molecule has 38 heteroatoms. The Kier molecular flexibility index (Phi) is 31.5. The first-order valence-corrected chi connectivity index (χ1v) is 27.9. The molecule has 0 atom stereocenters. The number of nitrogens with zero attached hydrogens (tertiary/aromatic N) is 3. The van der Waals surface area contributed by atoms with Gasteiger partial charge in [-0.05, 0) is 27.8 Å². The van der Waals surface area contributed by atoms with Gasteiger partial charge in [0.15, 0.2) is 78.9 Å². The quantitative estimate of drug-likeness (QED) is 0.0235. The second-order valence-corrected chi connectivity index (χ2v) is 19.9. The first-order valence-electron chi connectivity index (χ1n) is 27.9. The van der Waals surface area contributed by atoms with E-state index in [0.717, 1.165) is 32.3 Å². The summed E-state index contributed by atoms with van der Waals surface area (Å²) < 4.78 is 128. The maximum absolute atomic E-state index is 13.4. The van der Waals surface area contributed by atoms with Crippen LogP contribution in [0.1, 0.15) is 13.8 Å². The summed E-state index contributed by atoms with van der Waals surface area (Å²) in [7, 11) is 2.67. The van der Waals surface area contributed by atoms with Gasteiger partial charge in [-0.1, -0.05) is 152 Å². The predicted octanol–water partition coefficient (Wildman–Crippen LogP) is 7.44. The molecule has 0 aliphatic rings. The number of aromatic hydroxyl groups is 6. The fraction of sp³-hybridized carbons (Fsp3) is 0.104. The topological polar surface area (TPSA) is 456 Å². The van der Waals surface area contributed by atoms with Gasteiger partial charge >= 0.3 is 12.4 Å². The Morgan fingerprint density at radius 1 is 0.248 bits per heavy atom. The largest absolute Gasteiger partial charge is 0.504 e. The first kappa shape index (κ1) is 87.1. The molecule has 12 rings (SSSR count). The number of rotatable bonds is 6. The molecule has 0 heterocycles. The fourth-order valence-corrected chi connectivity index (χ4v) is 7.59. The van der Waals surface area contributed by atoms with E-state index in [1.807, 2.05) is 36.4 Å². The summed E-state index contributed by atoms with van der Waals surface area (Å²) in [4.78, 5) is 156. The lowest BCUT2D eigenvalue weighted by Gasteiger charge is -2.06. The molecule has 27 nitrogen and oxygen atoms in total. The second-order valence-electron chi connectivity index (χ2n) is 19.9. The minimum absolute atomic E-state index is 0.0869. The van der Waals surface area contributed by atoms with Crippen LogP contribution < -0.4 is 65.1 Å². The zero-order chi connectivity index (χ0) is 80.6. The van der Waals surface area contributed by atoms with Crippen LogP contribution in [0, 0.1) is 59.4 Å². The minimum Gasteiger partial charge on any atom is -0.504 e. The maximum Gasteiger partial charge on any atom is 0.386 e. The van der Waals surface area contributed by atoms with E-state index < -0.39 is 145 Å². The molecule has 12 aromatic carbocycles. The van der Waals surface area contributed by atoms with Gasteiger partial charge in [-0.15, -0.1) is 0 Å². The molecular weight excluding hydrogens is 1440 g/mol. The number of nitro groups is 3. The van der Waals surface area contributed by atoms with Crippen LogP contribution in [0.15, 0.2) is 209 Å². The normalized spacial score (nSPS) is 10.2. The summed E-state index contributed by atoms with van der Waals surface area (Å²) >= 11 is 0. The highest BCUT2D eigenvalue weighted by atomic mass is 19.4. The van der Waals surface area contributed by atoms with Crippen LogP contribution in [0.2, 0.25) is 0 Å². The number of halogens is 11. The Morgan fingerprint density at radius 3 is 0.533 bits per heavy atom. The number of hydrogen-bond acceptors (Lipinski definition) is 24. The molecule has 0 radical (unpaired) electrons. The van der Waals surface area contributed by atoms with E-state index in [9.17, 15) is 111 Å². The standard InChI is InChI=1S/C11HF5O4.C11H6O4.2C10H6O3.2C9H6O2.2C2H3F3.3CH3NO2/c12-3-1(4(13)6(15)7(16)5(3)14)2-8(17)10(19)11(20)9(2)18;12-8-7(6-4-2-1-3-5-6)9(13)11(15)10(8)14;2*11-8-7(9(12)10(8)13)6-4-2-1-3-5-6;2*10-8-7(9(8)11)6-4-2-1-3-5-6;2*1-2(3,4)5;3*1-2(3)4/h17H;1-5,12H;2*1-5,11H;2*1-5,10H;2*1H3;3*1H3. The monoisotopic (exact) mass is 1490 g/mol. The molecule has 550 valence electrons. The zero-order valence-electron chi connectivity index (χ0n) is 53.5. The van der Waals surface area contributed by atoms with Crippen molar-refractivity contribution < 1.29 is 93.7 Å². The van der Waals surface area contributed by atoms with Crippen molar-refractivity contribution in [1.82, 2.24) is 0 Å². The van der Waals surface area contributed by atoms with Crippen molar-refractivity contribution in [2.75, 3.05) is 21.1 Å². The van der Waals surface area contributed by atoms with E-state index in [2.05, 4.69) is 0 Å². The predicted molar refractivity (Wildman–Crippen MR) is 353 cm³/mol. The molecule has 0 aliphatic carbocycles. The van der Waals surface area contributed by atoms with Crippen LogP contribution in [-0.2, 0) is 0 Å². The fourth-order valence-electron chi connectivity index (χ4n) is 7.59. The van der Waals surface area contributed by atoms with Gasteiger partial charge in [-0.3, -0.25) is 87.9 Å². The van der Waals surface area contributed by atoms with Crippen LogP contribution in [0.3, 0.4) is 0 Å². The van der Waals surface area contributed by atoms with Gasteiger partial charge in [0.2, 0.25) is 38.4 Å². The van der Waals surface area contributed by atoms with Gasteiger partial charge in [0.25, 0.3) is 32.6 Å². The van der Waals surface area contributed by atoms with Crippen molar-refractivity contribution in [2.45, 2.75) is 26.2 Å². The molecule has 12 aromatic rings. The lowest BCUT2D eigenvalue weighted by atomic mass is 10.0. The molecule has 0 fully saturated rings. The molecule has 0 unspecified atom stereocenters. The van der Waals surface area contributed by atoms with Gasteiger partial charge in [0, 0.05) is 28.6 Å². The lowest BCUT2D eigenvalue weighted by molar-refractivity contribution is -0.445. The summed E-state index contributed by atoms with van der Waals surface area (Å²) in [5, 5.41) is 80.9. The van der Waals surface area contributed by atoms with Crippen LogP contribution >= 0.6 is 0 Å². The lowest BCUT2D eigenvalue weighted by Crippen LogP contribution is -2.31. The molecule has 105 heavy (non-hydrogen) atoms. The Balaban J connectivity index is 0.000000408. The van der Waals surface area contributed by atoms with Crippen LogP contribution in [-0.4, -0.2) is 78.9 Å². The van der Waals surface area contributed by atoms with Crippen molar-refractivity contribution in [3.05, 3.63) is 334 Å². The third-order valence-electron chi connectivity index (χ3n) is 12.0. The van der Waals surface area contributed by atoms with E-state index in [1.54, 1.807) is 115 Å². The SMILES string of the molecule is CC(F)(F)F.CC(F)(F)F.C[N+](=O)[O-].C[N+](=O)[O-].C[N+](=O)[O-].O=c1c(O)c(-c2c(F)c(F)c(F)c(F)c2F)c(=O)c1=O.O=c1c(O)c(-c2ccccc2)c(=O)c1=O.O=c1c(O)c(-c2ccccc2)c1=O.O=c1c(O)c(-c2ccccc2)c1=O.O=c1c(O)c1-c1ccccc1.O=c1c(O)c1-c1ccccc1. The summed E-state index contributed by atoms with van der Waals surface area (Å²) in [6.45, 7) is 0.375. The van der Waals surface area contributed by atoms with Gasteiger partial charge in [0.1, 0.15) is 0 Å². The van der Waals surface area contributed by atoms with Gasteiger partial charge in [-0.25, -0.2) is 22.0 Å². The Hall–Kier alpha value is -14.0. The molecule has 0 aromatic heterocycles. The van der Waals surface area contributed by atoms with Crippen LogP contribution in [0.4, 0.5) is 48.3 Å². The van der Waals surface area contributed by atoms with Gasteiger partial charge in [0.05, 0.1) is 38.9 Å². The Labute approximate surface area is 574 Å². The molecule has 0 saturated carbocycles. The summed E-state index contributed by atoms with van der Waals surface area (Å²) in [5.41, 5.74) is -11.2. The number of alkyl halides is 6. The van der Waals surface area contributed by atoms with E-state index in [-0.39, 0.29) is 52.9 Å². The molecule has 0 aliphatic heterocycles. The zero-order valence-corrected chi connectivity index (χ0v) is 53.5. The average molecular weight is 1490 g/mol. The number of hydrogen-bond donors (Lipinski definition) is 6. The van der Waals surface area contributed by atoms with Crippen molar-refractivity contribution in [3.63, 3.8) is 0 Å². The first-order chi connectivity index (χ1) is 48.6. The van der Waals surface area contributed by atoms with Crippen LogP contribution in [0.5, 0.6) is 34.5 Å². The maximum atomic E-state index is 13.4. The highest BCUT2D eigenvalue weighted by molar-refractivity contribution is 5.81. The highest BCUT2D eigenvalue weighted by Crippen LogP contribution is 2.34. The summed E-state index contributed by atoms with van der Waals surface area (Å²) in [6.07, 6.45) is -8.00. The summed E-state index contributed by atoms with van der Waals surface area (Å²) in [5.74, 6) is -15.5.